The summed E-state index contributed by atoms with van der Waals surface area (Å²) in [4.78, 5) is 26.9. The average Bonchev–Trinajstić information content (AvgIpc) is 2.66. The smallest absolute Gasteiger partial charge is 0.252 e. The molecule has 0 radical (unpaired) electrons. The van der Waals surface area contributed by atoms with E-state index in [0.717, 1.165) is 12.1 Å². The molecule has 2 aliphatic heterocycles. The molecule has 148 valence electrons. The number of carbonyl (C=O) groups is 1. The number of halogens is 3. The SMILES string of the molecule is O=C(N[C@H](N1C[C@@H]2C[C@H](C1)c1cccc(=O)n1C2)C(Cl)(Cl)Cl)c1ccccc1. The number of nitrogens with zero attached hydrogens (tertiary/aromatic N) is 2. The van der Waals surface area contributed by atoms with Gasteiger partial charge in [0, 0.05) is 42.9 Å². The molecular weight excluding hydrogens is 421 g/mol. The monoisotopic (exact) mass is 439 g/mol. The van der Waals surface area contributed by atoms with E-state index in [1.165, 1.54) is 0 Å². The Labute approximate surface area is 178 Å². The zero-order valence-electron chi connectivity index (χ0n) is 15.0. The largest absolute Gasteiger partial charge is 0.332 e. The van der Waals surface area contributed by atoms with Crippen LogP contribution in [0.15, 0.2) is 53.3 Å². The minimum atomic E-state index is -1.69. The molecule has 0 saturated carbocycles. The molecule has 1 aromatic carbocycles. The Morgan fingerprint density at radius 1 is 1.04 bits per heavy atom. The fourth-order valence-electron chi connectivity index (χ4n) is 4.32. The first-order valence-electron chi connectivity index (χ1n) is 9.19. The van der Waals surface area contributed by atoms with Crippen molar-refractivity contribution in [1.29, 1.82) is 0 Å². The third kappa shape index (κ3) is 3.94. The maximum absolute atomic E-state index is 12.7. The van der Waals surface area contributed by atoms with E-state index < -0.39 is 9.96 Å². The summed E-state index contributed by atoms with van der Waals surface area (Å²) in [5.74, 6) is 0.129. The fourth-order valence-corrected chi connectivity index (χ4v) is 4.90. The maximum atomic E-state index is 12.7. The number of carbonyl (C=O) groups excluding carboxylic acids is 1. The van der Waals surface area contributed by atoms with Gasteiger partial charge in [-0.05, 0) is 30.5 Å². The number of hydrogen-bond acceptors (Lipinski definition) is 3. The van der Waals surface area contributed by atoms with E-state index in [2.05, 4.69) is 5.32 Å². The molecule has 2 bridgehead atoms. The Bertz CT molecular complexity index is 926. The summed E-state index contributed by atoms with van der Waals surface area (Å²) in [5.41, 5.74) is 1.54. The van der Waals surface area contributed by atoms with Crippen molar-refractivity contribution in [3.05, 3.63) is 70.1 Å². The molecule has 3 atom stereocenters. The number of amides is 1. The molecule has 0 aliphatic carbocycles. The van der Waals surface area contributed by atoms with Crippen LogP contribution in [0.1, 0.15) is 28.4 Å². The minimum Gasteiger partial charge on any atom is -0.332 e. The molecule has 5 nitrogen and oxygen atoms in total. The van der Waals surface area contributed by atoms with Crippen LogP contribution >= 0.6 is 34.8 Å². The van der Waals surface area contributed by atoms with Gasteiger partial charge in [-0.25, -0.2) is 0 Å². The van der Waals surface area contributed by atoms with Gasteiger partial charge < -0.3 is 9.88 Å². The van der Waals surface area contributed by atoms with Crippen LogP contribution in [-0.4, -0.2) is 38.4 Å². The van der Waals surface area contributed by atoms with Gasteiger partial charge in [-0.3, -0.25) is 14.5 Å². The summed E-state index contributed by atoms with van der Waals surface area (Å²) < 4.78 is 0.162. The number of likely N-dealkylation sites (tertiary alicyclic amines) is 1. The van der Waals surface area contributed by atoms with Gasteiger partial charge in [0.2, 0.25) is 3.79 Å². The van der Waals surface area contributed by atoms with Crippen molar-refractivity contribution in [2.24, 2.45) is 5.92 Å². The standard InChI is InChI=1S/C20H20Cl3N3O2/c21-20(22,23)19(24-18(28)14-5-2-1-3-6-14)25-10-13-9-15(12-25)16-7-4-8-17(27)26(16)11-13/h1-8,13,15,19H,9-12H2,(H,24,28)/t13-,15+,19+/m0/s1. The summed E-state index contributed by atoms with van der Waals surface area (Å²) in [6, 6.07) is 14.2. The number of piperidine rings is 1. The lowest BCUT2D eigenvalue weighted by atomic mass is 9.83. The summed E-state index contributed by atoms with van der Waals surface area (Å²) in [6.45, 7) is 1.89. The van der Waals surface area contributed by atoms with Crippen LogP contribution in [0, 0.1) is 5.92 Å². The molecule has 0 spiro atoms. The first kappa shape index (κ1) is 19.8. The molecule has 2 aliphatic rings. The second-order valence-corrected chi connectivity index (χ2v) is 9.80. The molecule has 3 heterocycles. The van der Waals surface area contributed by atoms with Crippen LogP contribution in [0.2, 0.25) is 0 Å². The summed E-state index contributed by atoms with van der Waals surface area (Å²) in [7, 11) is 0. The van der Waals surface area contributed by atoms with E-state index >= 15 is 0 Å². The number of rotatable bonds is 3. The second-order valence-electron chi connectivity index (χ2n) is 7.44. The first-order chi connectivity index (χ1) is 13.3. The van der Waals surface area contributed by atoms with Crippen LogP contribution in [0.25, 0.3) is 0 Å². The highest BCUT2D eigenvalue weighted by molar-refractivity contribution is 6.68. The molecule has 1 fully saturated rings. The zero-order chi connectivity index (χ0) is 19.9. The molecule has 4 rings (SSSR count). The van der Waals surface area contributed by atoms with E-state index in [0.29, 0.717) is 25.2 Å². The molecular formula is C20H20Cl3N3O2. The minimum absolute atomic E-state index is 0.0240. The van der Waals surface area contributed by atoms with Gasteiger partial charge in [-0.1, -0.05) is 59.1 Å². The number of fused-ring (bicyclic) bond motifs is 4. The molecule has 1 aromatic heterocycles. The normalized spacial score (nSPS) is 23.0. The average molecular weight is 441 g/mol. The molecule has 28 heavy (non-hydrogen) atoms. The van der Waals surface area contributed by atoms with Crippen molar-refractivity contribution in [2.75, 3.05) is 13.1 Å². The Morgan fingerprint density at radius 3 is 2.50 bits per heavy atom. The first-order valence-corrected chi connectivity index (χ1v) is 10.3. The third-order valence-corrected chi connectivity index (χ3v) is 6.11. The molecule has 1 N–H and O–H groups in total. The summed E-state index contributed by atoms with van der Waals surface area (Å²) in [5, 5.41) is 2.89. The fraction of sp³-hybridized carbons (Fsp3) is 0.400. The summed E-state index contributed by atoms with van der Waals surface area (Å²) >= 11 is 18.8. The van der Waals surface area contributed by atoms with E-state index in [9.17, 15) is 9.59 Å². The maximum Gasteiger partial charge on any atom is 0.252 e. The Morgan fingerprint density at radius 2 is 1.79 bits per heavy atom. The summed E-state index contributed by atoms with van der Waals surface area (Å²) in [6.07, 6.45) is 0.219. The lowest BCUT2D eigenvalue weighted by Crippen LogP contribution is -2.60. The van der Waals surface area contributed by atoms with Crippen molar-refractivity contribution in [1.82, 2.24) is 14.8 Å². The topological polar surface area (TPSA) is 54.3 Å². The quantitative estimate of drug-likeness (QED) is 0.744. The van der Waals surface area contributed by atoms with Gasteiger partial charge in [-0.15, -0.1) is 0 Å². The Kier molecular flexibility index (Phi) is 5.45. The van der Waals surface area contributed by atoms with Gasteiger partial charge in [0.1, 0.15) is 6.17 Å². The number of aromatic nitrogens is 1. The van der Waals surface area contributed by atoms with Crippen molar-refractivity contribution >= 4 is 40.7 Å². The highest BCUT2D eigenvalue weighted by Crippen LogP contribution is 2.39. The molecule has 8 heteroatoms. The van der Waals surface area contributed by atoms with Crippen molar-refractivity contribution in [3.8, 4) is 0 Å². The van der Waals surface area contributed by atoms with Gasteiger partial charge >= 0.3 is 0 Å². The van der Waals surface area contributed by atoms with Crippen LogP contribution in [0.3, 0.4) is 0 Å². The molecule has 1 amide bonds. The highest BCUT2D eigenvalue weighted by Gasteiger charge is 2.44. The molecule has 2 aromatic rings. The van der Waals surface area contributed by atoms with Crippen molar-refractivity contribution in [2.45, 2.75) is 28.8 Å². The third-order valence-electron chi connectivity index (χ3n) is 5.49. The predicted molar refractivity (Wildman–Crippen MR) is 111 cm³/mol. The Hall–Kier alpha value is -1.53. The lowest BCUT2D eigenvalue weighted by Gasteiger charge is -2.47. The van der Waals surface area contributed by atoms with Gasteiger partial charge in [0.05, 0.1) is 0 Å². The van der Waals surface area contributed by atoms with Crippen molar-refractivity contribution in [3.63, 3.8) is 0 Å². The number of alkyl halides is 3. The van der Waals surface area contributed by atoms with E-state index in [1.807, 2.05) is 21.6 Å². The number of nitrogens with one attached hydrogen (secondary N) is 1. The zero-order valence-corrected chi connectivity index (χ0v) is 17.3. The number of hydrogen-bond donors (Lipinski definition) is 1. The van der Waals surface area contributed by atoms with E-state index in [4.69, 9.17) is 34.8 Å². The molecule has 1 saturated heterocycles. The Balaban J connectivity index is 1.59. The lowest BCUT2D eigenvalue weighted by molar-refractivity contribution is 0.0586. The van der Waals surface area contributed by atoms with Crippen LogP contribution < -0.4 is 10.9 Å². The van der Waals surface area contributed by atoms with Crippen molar-refractivity contribution < 1.29 is 4.79 Å². The van der Waals surface area contributed by atoms with E-state index in [1.54, 1.807) is 36.4 Å². The van der Waals surface area contributed by atoms with Crippen LogP contribution in [0.4, 0.5) is 0 Å². The van der Waals surface area contributed by atoms with Gasteiger partial charge in [-0.2, -0.15) is 0 Å². The number of benzene rings is 1. The van der Waals surface area contributed by atoms with E-state index in [-0.39, 0.29) is 23.3 Å². The second kappa shape index (κ2) is 7.71. The molecule has 0 unspecified atom stereocenters. The predicted octanol–water partition coefficient (Wildman–Crippen LogP) is 3.39. The number of pyridine rings is 1. The van der Waals surface area contributed by atoms with Crippen LogP contribution in [-0.2, 0) is 6.54 Å². The van der Waals surface area contributed by atoms with Crippen LogP contribution in [0.5, 0.6) is 0 Å². The van der Waals surface area contributed by atoms with Gasteiger partial charge in [0.15, 0.2) is 0 Å². The van der Waals surface area contributed by atoms with Gasteiger partial charge in [0.25, 0.3) is 11.5 Å². The highest BCUT2D eigenvalue weighted by atomic mass is 35.6.